The van der Waals surface area contributed by atoms with Gasteiger partial charge in [0.2, 0.25) is 0 Å². The van der Waals surface area contributed by atoms with Gasteiger partial charge in [0.05, 0.1) is 0 Å². The molecule has 5 heteroatoms. The lowest BCUT2D eigenvalue weighted by atomic mass is 10.1. The standard InChI is InChI=1S/C16H16Cl2N2S/c1-11-5-6-14(18)10-15(11)20-16(21)19-8-7-12-3-2-4-13(17)9-12/h2-6,9-10H,7-8H2,1H3,(H2,19,20,21). The largest absolute Gasteiger partial charge is 0.362 e. The number of hydrogen-bond acceptors (Lipinski definition) is 1. The van der Waals surface area contributed by atoms with Gasteiger partial charge in [0.15, 0.2) is 5.11 Å². The second kappa shape index (κ2) is 7.64. The molecule has 2 rings (SSSR count). The van der Waals surface area contributed by atoms with Crippen molar-refractivity contribution in [1.82, 2.24) is 5.32 Å². The van der Waals surface area contributed by atoms with E-state index in [4.69, 9.17) is 35.4 Å². The van der Waals surface area contributed by atoms with Gasteiger partial charge in [0.1, 0.15) is 0 Å². The van der Waals surface area contributed by atoms with Gasteiger partial charge in [0, 0.05) is 22.3 Å². The van der Waals surface area contributed by atoms with E-state index in [0.29, 0.717) is 10.1 Å². The van der Waals surface area contributed by atoms with Crippen molar-refractivity contribution in [2.24, 2.45) is 0 Å². The average molecular weight is 339 g/mol. The van der Waals surface area contributed by atoms with Crippen LogP contribution in [0, 0.1) is 6.92 Å². The van der Waals surface area contributed by atoms with Crippen LogP contribution in [-0.2, 0) is 6.42 Å². The zero-order valence-corrected chi connectivity index (χ0v) is 13.9. The summed E-state index contributed by atoms with van der Waals surface area (Å²) < 4.78 is 0. The predicted octanol–water partition coefficient (Wildman–Crippen LogP) is 4.83. The monoisotopic (exact) mass is 338 g/mol. The Kier molecular flexibility index (Phi) is 5.85. The zero-order valence-electron chi connectivity index (χ0n) is 11.6. The number of nitrogens with one attached hydrogen (secondary N) is 2. The molecule has 0 radical (unpaired) electrons. The van der Waals surface area contributed by atoms with Gasteiger partial charge in [-0.15, -0.1) is 0 Å². The normalized spacial score (nSPS) is 10.2. The summed E-state index contributed by atoms with van der Waals surface area (Å²) in [4.78, 5) is 0. The van der Waals surface area contributed by atoms with Crippen LogP contribution in [0.25, 0.3) is 0 Å². The van der Waals surface area contributed by atoms with E-state index in [2.05, 4.69) is 10.6 Å². The lowest BCUT2D eigenvalue weighted by Crippen LogP contribution is -2.30. The van der Waals surface area contributed by atoms with Crippen molar-refractivity contribution >= 4 is 46.2 Å². The van der Waals surface area contributed by atoms with E-state index in [-0.39, 0.29) is 0 Å². The third kappa shape index (κ3) is 5.20. The Bertz CT molecular complexity index is 644. The minimum atomic E-state index is 0.586. The van der Waals surface area contributed by atoms with E-state index in [1.54, 1.807) is 0 Å². The lowest BCUT2D eigenvalue weighted by Gasteiger charge is -2.13. The van der Waals surface area contributed by atoms with Crippen LogP contribution >= 0.6 is 35.4 Å². The van der Waals surface area contributed by atoms with Gasteiger partial charge < -0.3 is 10.6 Å². The maximum Gasteiger partial charge on any atom is 0.170 e. The summed E-state index contributed by atoms with van der Waals surface area (Å²) in [5.74, 6) is 0. The van der Waals surface area contributed by atoms with Crippen LogP contribution in [0.5, 0.6) is 0 Å². The molecule has 110 valence electrons. The molecular formula is C16H16Cl2N2S. The minimum absolute atomic E-state index is 0.586. The van der Waals surface area contributed by atoms with Gasteiger partial charge >= 0.3 is 0 Å². The molecule has 0 spiro atoms. The Morgan fingerprint density at radius 1 is 1.10 bits per heavy atom. The smallest absolute Gasteiger partial charge is 0.170 e. The van der Waals surface area contributed by atoms with Crippen LogP contribution in [0.4, 0.5) is 5.69 Å². The molecule has 0 bridgehead atoms. The number of anilines is 1. The van der Waals surface area contributed by atoms with Crippen LogP contribution in [0.3, 0.4) is 0 Å². The Morgan fingerprint density at radius 3 is 2.62 bits per heavy atom. The van der Waals surface area contributed by atoms with Gasteiger partial charge in [-0.2, -0.15) is 0 Å². The third-order valence-corrected chi connectivity index (χ3v) is 3.75. The Balaban J connectivity index is 1.84. The molecule has 0 aliphatic carbocycles. The van der Waals surface area contributed by atoms with E-state index in [1.165, 1.54) is 5.56 Å². The molecule has 2 nitrogen and oxygen atoms in total. The van der Waals surface area contributed by atoms with Crippen molar-refractivity contribution in [2.75, 3.05) is 11.9 Å². The fourth-order valence-electron chi connectivity index (χ4n) is 1.91. The average Bonchev–Trinajstić information content (AvgIpc) is 2.43. The Morgan fingerprint density at radius 2 is 1.86 bits per heavy atom. The fourth-order valence-corrected chi connectivity index (χ4v) is 2.51. The number of thiocarbonyl (C=S) groups is 1. The number of hydrogen-bond donors (Lipinski definition) is 2. The first-order valence-electron chi connectivity index (χ1n) is 6.60. The molecule has 0 amide bonds. The van der Waals surface area contributed by atoms with E-state index in [0.717, 1.165) is 29.2 Å². The second-order valence-electron chi connectivity index (χ2n) is 4.72. The summed E-state index contributed by atoms with van der Waals surface area (Å²) in [7, 11) is 0. The molecule has 2 aromatic rings. The highest BCUT2D eigenvalue weighted by Gasteiger charge is 2.02. The molecule has 21 heavy (non-hydrogen) atoms. The van der Waals surface area contributed by atoms with E-state index < -0.39 is 0 Å². The quantitative estimate of drug-likeness (QED) is 0.780. The molecule has 2 N–H and O–H groups in total. The molecule has 0 saturated heterocycles. The lowest BCUT2D eigenvalue weighted by molar-refractivity contribution is 0.873. The van der Waals surface area contributed by atoms with E-state index in [9.17, 15) is 0 Å². The highest BCUT2D eigenvalue weighted by molar-refractivity contribution is 7.80. The number of aryl methyl sites for hydroxylation is 1. The highest BCUT2D eigenvalue weighted by atomic mass is 35.5. The first-order chi connectivity index (χ1) is 10.0. The summed E-state index contributed by atoms with van der Waals surface area (Å²) in [6.07, 6.45) is 0.858. The van der Waals surface area contributed by atoms with Crippen molar-refractivity contribution in [1.29, 1.82) is 0 Å². The Labute approximate surface area is 140 Å². The molecule has 0 aliphatic heterocycles. The SMILES string of the molecule is Cc1ccc(Cl)cc1NC(=S)NCCc1cccc(Cl)c1. The number of halogens is 2. The summed E-state index contributed by atoms with van der Waals surface area (Å²) in [6.45, 7) is 2.75. The minimum Gasteiger partial charge on any atom is -0.362 e. The van der Waals surface area contributed by atoms with Crippen LogP contribution < -0.4 is 10.6 Å². The van der Waals surface area contributed by atoms with Gasteiger partial charge in [-0.05, 0) is 61.0 Å². The predicted molar refractivity (Wildman–Crippen MR) is 95.6 cm³/mol. The van der Waals surface area contributed by atoms with Gasteiger partial charge in [-0.25, -0.2) is 0 Å². The fraction of sp³-hybridized carbons (Fsp3) is 0.188. The van der Waals surface area contributed by atoms with Crippen molar-refractivity contribution in [3.05, 3.63) is 63.6 Å². The van der Waals surface area contributed by atoms with Crippen molar-refractivity contribution < 1.29 is 0 Å². The van der Waals surface area contributed by atoms with E-state index >= 15 is 0 Å². The molecule has 0 saturated carbocycles. The first kappa shape index (κ1) is 16.1. The Hall–Kier alpha value is -1.29. The maximum atomic E-state index is 5.98. The van der Waals surface area contributed by atoms with Crippen LogP contribution in [0.2, 0.25) is 10.0 Å². The molecule has 0 fully saturated rings. The van der Waals surface area contributed by atoms with Crippen LogP contribution in [0.1, 0.15) is 11.1 Å². The number of rotatable bonds is 4. The summed E-state index contributed by atoms with van der Waals surface area (Å²) in [6, 6.07) is 13.5. The summed E-state index contributed by atoms with van der Waals surface area (Å²) in [5, 5.41) is 8.36. The molecule has 0 heterocycles. The van der Waals surface area contributed by atoms with Crippen LogP contribution in [0.15, 0.2) is 42.5 Å². The summed E-state index contributed by atoms with van der Waals surface area (Å²) >= 11 is 17.2. The topological polar surface area (TPSA) is 24.1 Å². The zero-order chi connectivity index (χ0) is 15.2. The highest BCUT2D eigenvalue weighted by Crippen LogP contribution is 2.20. The van der Waals surface area contributed by atoms with Crippen molar-refractivity contribution in [3.8, 4) is 0 Å². The first-order valence-corrected chi connectivity index (χ1v) is 7.76. The maximum absolute atomic E-state index is 5.98. The van der Waals surface area contributed by atoms with Crippen LogP contribution in [-0.4, -0.2) is 11.7 Å². The van der Waals surface area contributed by atoms with Gasteiger partial charge in [0.25, 0.3) is 0 Å². The molecule has 2 aromatic carbocycles. The molecular weight excluding hydrogens is 323 g/mol. The van der Waals surface area contributed by atoms with Gasteiger partial charge in [-0.1, -0.05) is 41.4 Å². The second-order valence-corrected chi connectivity index (χ2v) is 6.00. The summed E-state index contributed by atoms with van der Waals surface area (Å²) in [5.41, 5.74) is 3.19. The molecule has 0 aromatic heterocycles. The molecule has 0 atom stereocenters. The van der Waals surface area contributed by atoms with Crippen molar-refractivity contribution in [2.45, 2.75) is 13.3 Å². The van der Waals surface area contributed by atoms with Crippen molar-refractivity contribution in [3.63, 3.8) is 0 Å². The van der Waals surface area contributed by atoms with Gasteiger partial charge in [-0.3, -0.25) is 0 Å². The number of benzene rings is 2. The third-order valence-electron chi connectivity index (χ3n) is 3.04. The molecule has 0 aliphatic rings. The molecule has 0 unspecified atom stereocenters. The van der Waals surface area contributed by atoms with E-state index in [1.807, 2.05) is 49.4 Å².